The molecular weight excluding hydrogens is 240 g/mol. The molecule has 0 radical (unpaired) electrons. The first-order chi connectivity index (χ1) is 8.00. The molecular formula is C12H11ClN2O2. The van der Waals surface area contributed by atoms with Crippen LogP contribution in [0, 0.1) is 6.92 Å². The Morgan fingerprint density at radius 3 is 2.53 bits per heavy atom. The Kier molecular flexibility index (Phi) is 2.90. The summed E-state index contributed by atoms with van der Waals surface area (Å²) < 4.78 is 2.43. The van der Waals surface area contributed by atoms with E-state index in [0.29, 0.717) is 10.7 Å². The largest absolute Gasteiger partial charge is 0.335 e. The second-order valence-corrected chi connectivity index (χ2v) is 4.21. The van der Waals surface area contributed by atoms with E-state index in [1.807, 2.05) is 13.0 Å². The maximum absolute atomic E-state index is 11.9. The smallest absolute Gasteiger partial charge is 0.269 e. The maximum Gasteiger partial charge on any atom is 0.335 e. The van der Waals surface area contributed by atoms with Crippen LogP contribution in [0.25, 0.3) is 5.69 Å². The summed E-state index contributed by atoms with van der Waals surface area (Å²) in [5, 5.41) is 0.586. The summed E-state index contributed by atoms with van der Waals surface area (Å²) in [6, 6.07) is 6.65. The van der Waals surface area contributed by atoms with Gasteiger partial charge in [0.15, 0.2) is 0 Å². The zero-order valence-electron chi connectivity index (χ0n) is 9.48. The summed E-state index contributed by atoms with van der Waals surface area (Å²) >= 11 is 6.00. The molecule has 1 aromatic carbocycles. The van der Waals surface area contributed by atoms with Gasteiger partial charge in [-0.3, -0.25) is 13.9 Å². The van der Waals surface area contributed by atoms with E-state index in [4.69, 9.17) is 11.6 Å². The summed E-state index contributed by atoms with van der Waals surface area (Å²) in [5.41, 5.74) is 0.858. The van der Waals surface area contributed by atoms with Gasteiger partial charge in [0.25, 0.3) is 5.56 Å². The molecule has 17 heavy (non-hydrogen) atoms. The number of aromatic nitrogens is 2. The molecule has 0 saturated carbocycles. The Labute approximate surface area is 103 Å². The highest BCUT2D eigenvalue weighted by Gasteiger charge is 2.04. The third-order valence-corrected chi connectivity index (χ3v) is 3.03. The van der Waals surface area contributed by atoms with Gasteiger partial charge in [-0.05, 0) is 24.6 Å². The van der Waals surface area contributed by atoms with Crippen molar-refractivity contribution in [2.75, 3.05) is 0 Å². The van der Waals surface area contributed by atoms with Crippen LogP contribution in [0.2, 0.25) is 5.02 Å². The highest BCUT2D eigenvalue weighted by Crippen LogP contribution is 2.18. The number of aryl methyl sites for hydroxylation is 1. The Morgan fingerprint density at radius 1 is 1.18 bits per heavy atom. The van der Waals surface area contributed by atoms with E-state index in [0.717, 1.165) is 10.1 Å². The molecule has 0 spiro atoms. The molecule has 4 nitrogen and oxygen atoms in total. The fourth-order valence-electron chi connectivity index (χ4n) is 1.50. The Balaban J connectivity index is 2.69. The number of halogens is 1. The third-order valence-electron chi connectivity index (χ3n) is 2.62. The molecule has 1 aromatic heterocycles. The van der Waals surface area contributed by atoms with Crippen LogP contribution < -0.4 is 11.2 Å². The van der Waals surface area contributed by atoms with E-state index in [2.05, 4.69) is 0 Å². The van der Waals surface area contributed by atoms with Crippen molar-refractivity contribution in [2.45, 2.75) is 6.92 Å². The Bertz CT molecular complexity index is 686. The molecule has 0 aliphatic heterocycles. The van der Waals surface area contributed by atoms with Gasteiger partial charge in [0.1, 0.15) is 0 Å². The quantitative estimate of drug-likeness (QED) is 0.770. The second kappa shape index (κ2) is 4.22. The van der Waals surface area contributed by atoms with E-state index in [1.165, 1.54) is 23.9 Å². The molecule has 0 aliphatic carbocycles. The summed E-state index contributed by atoms with van der Waals surface area (Å²) in [4.78, 5) is 23.1. The monoisotopic (exact) mass is 250 g/mol. The highest BCUT2D eigenvalue weighted by atomic mass is 35.5. The van der Waals surface area contributed by atoms with Crippen molar-refractivity contribution < 1.29 is 0 Å². The minimum Gasteiger partial charge on any atom is -0.269 e. The maximum atomic E-state index is 11.9. The number of hydrogen-bond donors (Lipinski definition) is 0. The Hall–Kier alpha value is -1.81. The molecule has 0 amide bonds. The van der Waals surface area contributed by atoms with Gasteiger partial charge < -0.3 is 0 Å². The lowest BCUT2D eigenvalue weighted by Gasteiger charge is -2.08. The van der Waals surface area contributed by atoms with Gasteiger partial charge in [-0.15, -0.1) is 0 Å². The first kappa shape index (κ1) is 11.7. The zero-order chi connectivity index (χ0) is 12.6. The van der Waals surface area contributed by atoms with E-state index in [-0.39, 0.29) is 5.56 Å². The van der Waals surface area contributed by atoms with Gasteiger partial charge in [0.2, 0.25) is 0 Å². The molecule has 2 rings (SSSR count). The molecule has 0 aliphatic rings. The molecule has 5 heteroatoms. The molecule has 0 fully saturated rings. The van der Waals surface area contributed by atoms with E-state index < -0.39 is 5.69 Å². The molecule has 0 N–H and O–H groups in total. The van der Waals surface area contributed by atoms with Crippen molar-refractivity contribution in [2.24, 2.45) is 7.05 Å². The van der Waals surface area contributed by atoms with Crippen molar-refractivity contribution in [3.63, 3.8) is 0 Å². The fraction of sp³-hybridized carbons (Fsp3) is 0.167. The van der Waals surface area contributed by atoms with E-state index in [1.54, 1.807) is 12.1 Å². The van der Waals surface area contributed by atoms with Crippen molar-refractivity contribution in [1.29, 1.82) is 0 Å². The zero-order valence-corrected chi connectivity index (χ0v) is 10.2. The third kappa shape index (κ3) is 2.03. The van der Waals surface area contributed by atoms with Gasteiger partial charge in [-0.25, -0.2) is 4.79 Å². The Morgan fingerprint density at radius 2 is 1.88 bits per heavy atom. The first-order valence-electron chi connectivity index (χ1n) is 5.06. The van der Waals surface area contributed by atoms with Crippen LogP contribution in [-0.4, -0.2) is 9.13 Å². The summed E-state index contributed by atoms with van der Waals surface area (Å²) in [7, 11) is 1.44. The van der Waals surface area contributed by atoms with Gasteiger partial charge >= 0.3 is 5.69 Å². The van der Waals surface area contributed by atoms with Crippen LogP contribution in [0.15, 0.2) is 40.1 Å². The minimum atomic E-state index is -0.391. The van der Waals surface area contributed by atoms with Crippen LogP contribution in [0.4, 0.5) is 0 Å². The van der Waals surface area contributed by atoms with Crippen LogP contribution in [0.1, 0.15) is 5.56 Å². The highest BCUT2D eigenvalue weighted by molar-refractivity contribution is 6.31. The van der Waals surface area contributed by atoms with Gasteiger partial charge in [0.05, 0.1) is 5.69 Å². The topological polar surface area (TPSA) is 44.0 Å². The molecule has 0 atom stereocenters. The molecule has 88 valence electrons. The second-order valence-electron chi connectivity index (χ2n) is 3.80. The predicted molar refractivity (Wildman–Crippen MR) is 67.0 cm³/mol. The van der Waals surface area contributed by atoms with E-state index >= 15 is 0 Å². The SMILES string of the molecule is Cc1ccc(-n2ccc(=O)n(C)c2=O)cc1Cl. The predicted octanol–water partition coefficient (Wildman–Crippen LogP) is 1.50. The summed E-state index contributed by atoms with van der Waals surface area (Å²) in [6.45, 7) is 1.88. The van der Waals surface area contributed by atoms with Crippen LogP contribution in [0.3, 0.4) is 0 Å². The van der Waals surface area contributed by atoms with Gasteiger partial charge in [-0.2, -0.15) is 0 Å². The van der Waals surface area contributed by atoms with Crippen molar-refractivity contribution in [3.8, 4) is 5.69 Å². The van der Waals surface area contributed by atoms with Crippen molar-refractivity contribution in [3.05, 3.63) is 61.9 Å². The molecule has 0 unspecified atom stereocenters. The number of hydrogen-bond acceptors (Lipinski definition) is 2. The van der Waals surface area contributed by atoms with Gasteiger partial charge in [0, 0.05) is 24.3 Å². The number of nitrogens with zero attached hydrogens (tertiary/aromatic N) is 2. The lowest BCUT2D eigenvalue weighted by atomic mass is 10.2. The number of benzene rings is 1. The standard InChI is InChI=1S/C12H11ClN2O2/c1-8-3-4-9(7-10(8)13)15-6-5-11(16)14(2)12(15)17/h3-7H,1-2H3. The van der Waals surface area contributed by atoms with Gasteiger partial charge in [-0.1, -0.05) is 17.7 Å². The average molecular weight is 251 g/mol. The molecule has 1 heterocycles. The normalized spacial score (nSPS) is 10.5. The lowest BCUT2D eigenvalue weighted by Crippen LogP contribution is -2.36. The van der Waals surface area contributed by atoms with Crippen LogP contribution >= 0.6 is 11.6 Å². The first-order valence-corrected chi connectivity index (χ1v) is 5.44. The average Bonchev–Trinajstić information content (AvgIpc) is 2.30. The lowest BCUT2D eigenvalue weighted by molar-refractivity contribution is 0.728. The van der Waals surface area contributed by atoms with Crippen LogP contribution in [-0.2, 0) is 7.05 Å². The summed E-state index contributed by atoms with van der Waals surface area (Å²) in [6.07, 6.45) is 1.45. The molecule has 2 aromatic rings. The number of rotatable bonds is 1. The fourth-order valence-corrected chi connectivity index (χ4v) is 1.67. The minimum absolute atomic E-state index is 0.329. The molecule has 0 saturated heterocycles. The van der Waals surface area contributed by atoms with Crippen LogP contribution in [0.5, 0.6) is 0 Å². The van der Waals surface area contributed by atoms with Crippen molar-refractivity contribution >= 4 is 11.6 Å². The van der Waals surface area contributed by atoms with E-state index in [9.17, 15) is 9.59 Å². The molecule has 0 bridgehead atoms. The van der Waals surface area contributed by atoms with Crippen molar-refractivity contribution in [1.82, 2.24) is 9.13 Å². The summed E-state index contributed by atoms with van der Waals surface area (Å²) in [5.74, 6) is 0.